The molecule has 4 rings (SSSR count). The molecule has 0 unspecified atom stereocenters. The van der Waals surface area contributed by atoms with Crippen molar-refractivity contribution in [2.45, 2.75) is 25.8 Å². The average Bonchev–Trinajstić information content (AvgIpc) is 3.16. The first kappa shape index (κ1) is 21.8. The molecule has 0 saturated carbocycles. The Kier molecular flexibility index (Phi) is 7.02. The molecule has 0 atom stereocenters. The van der Waals surface area contributed by atoms with Crippen LogP contribution in [0.5, 0.6) is 5.75 Å². The van der Waals surface area contributed by atoms with Crippen molar-refractivity contribution in [2.75, 3.05) is 13.7 Å². The molecule has 2 aromatic carbocycles. The van der Waals surface area contributed by atoms with Crippen LogP contribution in [0.1, 0.15) is 17.0 Å². The predicted molar refractivity (Wildman–Crippen MR) is 126 cm³/mol. The third kappa shape index (κ3) is 5.26. The van der Waals surface area contributed by atoms with Crippen molar-refractivity contribution in [3.05, 3.63) is 88.8 Å². The number of hydrogen-bond acceptors (Lipinski definition) is 4. The maximum absolute atomic E-state index is 12.4. The summed E-state index contributed by atoms with van der Waals surface area (Å²) in [5.74, 6) is 1.51. The summed E-state index contributed by atoms with van der Waals surface area (Å²) in [7, 11) is 1.57. The van der Waals surface area contributed by atoms with Crippen molar-refractivity contribution in [3.63, 3.8) is 0 Å². The number of benzene rings is 2. The van der Waals surface area contributed by atoms with Gasteiger partial charge in [0, 0.05) is 25.7 Å². The number of aromatic nitrogens is 3. The SMILES string of the molecule is COc1ccc(CC(=O)NCCn2c(CCc3ccccc3)nc3cccnc32)cc1Cl. The van der Waals surface area contributed by atoms with Crippen molar-refractivity contribution >= 4 is 28.7 Å². The van der Waals surface area contributed by atoms with Crippen LogP contribution >= 0.6 is 11.6 Å². The molecule has 2 aromatic heterocycles. The number of amides is 1. The molecule has 32 heavy (non-hydrogen) atoms. The lowest BCUT2D eigenvalue weighted by atomic mass is 10.1. The second-order valence-corrected chi connectivity index (χ2v) is 7.91. The van der Waals surface area contributed by atoms with E-state index in [1.807, 2.05) is 36.4 Å². The molecule has 0 radical (unpaired) electrons. The third-order valence-corrected chi connectivity index (χ3v) is 5.60. The highest BCUT2D eigenvalue weighted by molar-refractivity contribution is 6.32. The van der Waals surface area contributed by atoms with Gasteiger partial charge in [-0.1, -0.05) is 48.0 Å². The van der Waals surface area contributed by atoms with Gasteiger partial charge in [0.15, 0.2) is 5.65 Å². The van der Waals surface area contributed by atoms with Crippen LogP contribution in [0.2, 0.25) is 5.02 Å². The van der Waals surface area contributed by atoms with E-state index in [4.69, 9.17) is 21.3 Å². The Labute approximate surface area is 192 Å². The van der Waals surface area contributed by atoms with Gasteiger partial charge >= 0.3 is 0 Å². The van der Waals surface area contributed by atoms with Crippen LogP contribution in [-0.2, 0) is 30.6 Å². The standard InChI is InChI=1S/C25H25ClN4O2/c1-32-22-11-9-19(16-20(22)26)17-24(31)27-14-15-30-23(12-10-18-6-3-2-4-7-18)29-21-8-5-13-28-25(21)30/h2-9,11,13,16H,10,12,14-15,17H2,1H3,(H,27,31). The number of rotatable bonds is 9. The van der Waals surface area contributed by atoms with E-state index in [-0.39, 0.29) is 12.3 Å². The number of methoxy groups -OCH3 is 1. The highest BCUT2D eigenvalue weighted by Crippen LogP contribution is 2.25. The van der Waals surface area contributed by atoms with Crippen LogP contribution in [0.4, 0.5) is 0 Å². The first-order valence-electron chi connectivity index (χ1n) is 10.6. The normalized spacial score (nSPS) is 10.9. The highest BCUT2D eigenvalue weighted by Gasteiger charge is 2.12. The molecule has 0 saturated heterocycles. The van der Waals surface area contributed by atoms with E-state index in [2.05, 4.69) is 27.0 Å². The Balaban J connectivity index is 1.39. The van der Waals surface area contributed by atoms with Gasteiger partial charge in [-0.15, -0.1) is 0 Å². The van der Waals surface area contributed by atoms with Crippen LogP contribution < -0.4 is 10.1 Å². The lowest BCUT2D eigenvalue weighted by molar-refractivity contribution is -0.120. The van der Waals surface area contributed by atoms with E-state index < -0.39 is 0 Å². The van der Waals surface area contributed by atoms with E-state index in [0.29, 0.717) is 23.9 Å². The van der Waals surface area contributed by atoms with Crippen molar-refractivity contribution in [1.29, 1.82) is 0 Å². The zero-order valence-electron chi connectivity index (χ0n) is 17.9. The lowest BCUT2D eigenvalue weighted by Crippen LogP contribution is -2.29. The molecule has 0 bridgehead atoms. The first-order valence-corrected chi connectivity index (χ1v) is 10.9. The minimum atomic E-state index is -0.0607. The molecule has 0 aliphatic carbocycles. The number of pyridine rings is 1. The molecule has 2 heterocycles. The molecule has 0 aliphatic rings. The second-order valence-electron chi connectivity index (χ2n) is 7.51. The molecule has 1 N–H and O–H groups in total. The smallest absolute Gasteiger partial charge is 0.224 e. The number of nitrogens with zero attached hydrogens (tertiary/aromatic N) is 3. The van der Waals surface area contributed by atoms with Crippen LogP contribution in [0.25, 0.3) is 11.2 Å². The molecule has 0 spiro atoms. The molecule has 7 heteroatoms. The van der Waals surface area contributed by atoms with Gasteiger partial charge in [-0.2, -0.15) is 0 Å². The van der Waals surface area contributed by atoms with E-state index in [0.717, 1.165) is 35.4 Å². The van der Waals surface area contributed by atoms with Gasteiger partial charge in [-0.3, -0.25) is 4.79 Å². The summed E-state index contributed by atoms with van der Waals surface area (Å²) in [4.78, 5) is 21.7. The van der Waals surface area contributed by atoms with Crippen LogP contribution in [-0.4, -0.2) is 34.1 Å². The zero-order chi connectivity index (χ0) is 22.3. The summed E-state index contributed by atoms with van der Waals surface area (Å²) in [5, 5.41) is 3.49. The number of hydrogen-bond donors (Lipinski definition) is 1. The van der Waals surface area contributed by atoms with Gasteiger partial charge < -0.3 is 14.6 Å². The molecule has 4 aromatic rings. The summed E-state index contributed by atoms with van der Waals surface area (Å²) in [5.41, 5.74) is 3.82. The number of imidazole rings is 1. The monoisotopic (exact) mass is 448 g/mol. The topological polar surface area (TPSA) is 69.0 Å². The fourth-order valence-electron chi connectivity index (χ4n) is 3.71. The minimum Gasteiger partial charge on any atom is -0.495 e. The Morgan fingerprint density at radius 3 is 2.69 bits per heavy atom. The average molecular weight is 449 g/mol. The lowest BCUT2D eigenvalue weighted by Gasteiger charge is -2.11. The number of nitrogens with one attached hydrogen (secondary N) is 1. The maximum Gasteiger partial charge on any atom is 0.224 e. The van der Waals surface area contributed by atoms with Crippen molar-refractivity contribution in [2.24, 2.45) is 0 Å². The summed E-state index contributed by atoms with van der Waals surface area (Å²) >= 11 is 6.16. The first-order chi connectivity index (χ1) is 15.6. The van der Waals surface area contributed by atoms with Gasteiger partial charge in [-0.25, -0.2) is 9.97 Å². The fraction of sp³-hybridized carbons (Fsp3) is 0.240. The number of halogens is 1. The van der Waals surface area contributed by atoms with E-state index in [1.165, 1.54) is 5.56 Å². The molecule has 0 aliphatic heterocycles. The Morgan fingerprint density at radius 2 is 1.91 bits per heavy atom. The minimum absolute atomic E-state index is 0.0607. The van der Waals surface area contributed by atoms with Crippen molar-refractivity contribution < 1.29 is 9.53 Å². The summed E-state index contributed by atoms with van der Waals surface area (Å²) in [6, 6.07) is 19.6. The van der Waals surface area contributed by atoms with E-state index in [1.54, 1.807) is 25.4 Å². The third-order valence-electron chi connectivity index (χ3n) is 5.30. The van der Waals surface area contributed by atoms with Crippen molar-refractivity contribution in [1.82, 2.24) is 19.9 Å². The molecular formula is C25H25ClN4O2. The number of fused-ring (bicyclic) bond motifs is 1. The molecule has 164 valence electrons. The van der Waals surface area contributed by atoms with Crippen LogP contribution in [0.3, 0.4) is 0 Å². The maximum atomic E-state index is 12.4. The fourth-order valence-corrected chi connectivity index (χ4v) is 3.99. The van der Waals surface area contributed by atoms with Gasteiger partial charge in [-0.05, 0) is 41.8 Å². The number of aryl methyl sites for hydroxylation is 2. The molecular weight excluding hydrogens is 424 g/mol. The molecule has 6 nitrogen and oxygen atoms in total. The van der Waals surface area contributed by atoms with E-state index in [9.17, 15) is 4.79 Å². The number of carbonyl (C=O) groups is 1. The summed E-state index contributed by atoms with van der Waals surface area (Å²) < 4.78 is 7.26. The largest absolute Gasteiger partial charge is 0.495 e. The molecule has 0 fully saturated rings. The number of ether oxygens (including phenoxy) is 1. The van der Waals surface area contributed by atoms with Crippen LogP contribution in [0, 0.1) is 0 Å². The predicted octanol–water partition coefficient (Wildman–Crippen LogP) is 4.24. The van der Waals surface area contributed by atoms with Gasteiger partial charge in [0.1, 0.15) is 17.1 Å². The Morgan fingerprint density at radius 1 is 1.06 bits per heavy atom. The molecule has 1 amide bonds. The van der Waals surface area contributed by atoms with Crippen molar-refractivity contribution in [3.8, 4) is 5.75 Å². The number of carbonyl (C=O) groups excluding carboxylic acids is 1. The van der Waals surface area contributed by atoms with Crippen LogP contribution in [0.15, 0.2) is 66.9 Å². The van der Waals surface area contributed by atoms with Gasteiger partial charge in [0.05, 0.1) is 18.6 Å². The Hall–Kier alpha value is -3.38. The second kappa shape index (κ2) is 10.3. The quantitative estimate of drug-likeness (QED) is 0.416. The highest BCUT2D eigenvalue weighted by atomic mass is 35.5. The zero-order valence-corrected chi connectivity index (χ0v) is 18.7. The van der Waals surface area contributed by atoms with Gasteiger partial charge in [0.2, 0.25) is 5.91 Å². The summed E-state index contributed by atoms with van der Waals surface area (Å²) in [6.45, 7) is 1.09. The van der Waals surface area contributed by atoms with E-state index >= 15 is 0 Å². The van der Waals surface area contributed by atoms with Gasteiger partial charge in [0.25, 0.3) is 0 Å². The Bertz CT molecular complexity index is 1210. The summed E-state index contributed by atoms with van der Waals surface area (Å²) in [6.07, 6.45) is 3.73.